The second-order valence-corrected chi connectivity index (χ2v) is 5.21. The summed E-state index contributed by atoms with van der Waals surface area (Å²) in [5.74, 6) is 6.60. The molecule has 112 valence electrons. The number of nitrogen functional groups attached to an aromatic ring is 1. The van der Waals surface area contributed by atoms with Crippen LogP contribution in [0.2, 0.25) is 0 Å². The SMILES string of the molecule is Cc1ccc(C(C)C)cc1OCc1ccc(C(=O)NN)o1. The van der Waals surface area contributed by atoms with Crippen molar-refractivity contribution in [2.24, 2.45) is 5.84 Å². The number of hydrogen-bond donors (Lipinski definition) is 2. The summed E-state index contributed by atoms with van der Waals surface area (Å²) in [6, 6.07) is 9.45. The lowest BCUT2D eigenvalue weighted by Gasteiger charge is -2.12. The highest BCUT2D eigenvalue weighted by molar-refractivity contribution is 5.90. The van der Waals surface area contributed by atoms with Gasteiger partial charge in [0, 0.05) is 0 Å². The average molecular weight is 288 g/mol. The molecule has 0 radical (unpaired) electrons. The van der Waals surface area contributed by atoms with Crippen molar-refractivity contribution in [1.82, 2.24) is 5.43 Å². The maximum Gasteiger partial charge on any atom is 0.300 e. The Bertz CT molecular complexity index is 632. The van der Waals surface area contributed by atoms with Gasteiger partial charge in [0.2, 0.25) is 0 Å². The van der Waals surface area contributed by atoms with E-state index in [0.29, 0.717) is 11.7 Å². The van der Waals surface area contributed by atoms with Gasteiger partial charge in [-0.1, -0.05) is 26.0 Å². The minimum Gasteiger partial charge on any atom is -0.485 e. The summed E-state index contributed by atoms with van der Waals surface area (Å²) in [7, 11) is 0. The number of furan rings is 1. The molecular weight excluding hydrogens is 268 g/mol. The highest BCUT2D eigenvalue weighted by atomic mass is 16.5. The number of benzene rings is 1. The molecule has 0 unspecified atom stereocenters. The van der Waals surface area contributed by atoms with E-state index in [0.717, 1.165) is 11.3 Å². The number of hydrazine groups is 1. The van der Waals surface area contributed by atoms with Crippen LogP contribution in [-0.4, -0.2) is 5.91 Å². The molecule has 0 aliphatic carbocycles. The predicted molar refractivity (Wildman–Crippen MR) is 80.0 cm³/mol. The summed E-state index contributed by atoms with van der Waals surface area (Å²) >= 11 is 0. The molecule has 0 aliphatic heterocycles. The first-order valence-corrected chi connectivity index (χ1v) is 6.84. The molecule has 0 aliphatic rings. The van der Waals surface area contributed by atoms with Crippen molar-refractivity contribution >= 4 is 5.91 Å². The molecule has 0 bridgehead atoms. The molecule has 1 heterocycles. The van der Waals surface area contributed by atoms with Gasteiger partial charge in [0.05, 0.1) is 0 Å². The number of aryl methyl sites for hydroxylation is 1. The minimum absolute atomic E-state index is 0.170. The number of ether oxygens (including phenoxy) is 1. The highest BCUT2D eigenvalue weighted by Crippen LogP contribution is 2.25. The van der Waals surface area contributed by atoms with Crippen molar-refractivity contribution in [1.29, 1.82) is 0 Å². The summed E-state index contributed by atoms with van der Waals surface area (Å²) < 4.78 is 11.1. The number of rotatable bonds is 5. The summed E-state index contributed by atoms with van der Waals surface area (Å²) in [4.78, 5) is 11.3. The Labute approximate surface area is 124 Å². The van der Waals surface area contributed by atoms with Crippen LogP contribution in [0.4, 0.5) is 0 Å². The number of hydrogen-bond acceptors (Lipinski definition) is 4. The van der Waals surface area contributed by atoms with E-state index in [1.165, 1.54) is 5.56 Å². The standard InChI is InChI=1S/C16H20N2O3/c1-10(2)12-5-4-11(3)15(8-12)20-9-13-6-7-14(21-13)16(19)18-17/h4-8,10H,9,17H2,1-3H3,(H,18,19). The van der Waals surface area contributed by atoms with E-state index in [4.69, 9.17) is 15.0 Å². The molecule has 0 saturated carbocycles. The number of carbonyl (C=O) groups is 1. The molecule has 0 saturated heterocycles. The summed E-state index contributed by atoms with van der Waals surface area (Å²) in [6.07, 6.45) is 0. The topological polar surface area (TPSA) is 77.5 Å². The van der Waals surface area contributed by atoms with Gasteiger partial charge in [-0.05, 0) is 42.2 Å². The molecule has 2 rings (SSSR count). The average Bonchev–Trinajstić information content (AvgIpc) is 2.94. The summed E-state index contributed by atoms with van der Waals surface area (Å²) in [5, 5.41) is 0. The van der Waals surface area contributed by atoms with E-state index in [2.05, 4.69) is 19.9 Å². The zero-order valence-corrected chi connectivity index (χ0v) is 12.5. The largest absolute Gasteiger partial charge is 0.485 e. The molecule has 1 amide bonds. The second-order valence-electron chi connectivity index (χ2n) is 5.21. The third kappa shape index (κ3) is 3.64. The molecule has 0 spiro atoms. The van der Waals surface area contributed by atoms with Crippen LogP contribution < -0.4 is 16.0 Å². The zero-order chi connectivity index (χ0) is 15.4. The van der Waals surface area contributed by atoms with E-state index >= 15 is 0 Å². The molecule has 21 heavy (non-hydrogen) atoms. The van der Waals surface area contributed by atoms with Gasteiger partial charge in [-0.3, -0.25) is 10.2 Å². The van der Waals surface area contributed by atoms with Gasteiger partial charge in [0.1, 0.15) is 18.1 Å². The van der Waals surface area contributed by atoms with Gasteiger partial charge in [-0.2, -0.15) is 0 Å². The van der Waals surface area contributed by atoms with Crippen molar-refractivity contribution < 1.29 is 13.9 Å². The van der Waals surface area contributed by atoms with E-state index in [1.54, 1.807) is 12.1 Å². The van der Waals surface area contributed by atoms with Crippen molar-refractivity contribution in [3.8, 4) is 5.75 Å². The fourth-order valence-electron chi connectivity index (χ4n) is 1.93. The molecule has 1 aromatic carbocycles. The van der Waals surface area contributed by atoms with E-state index in [-0.39, 0.29) is 12.4 Å². The molecular formula is C16H20N2O3. The molecule has 3 N–H and O–H groups in total. The minimum atomic E-state index is -0.459. The van der Waals surface area contributed by atoms with Crippen LogP contribution in [0.5, 0.6) is 5.75 Å². The Hall–Kier alpha value is -2.27. The molecule has 0 atom stereocenters. The molecule has 2 aromatic rings. The van der Waals surface area contributed by atoms with E-state index < -0.39 is 5.91 Å². The molecule has 0 fully saturated rings. The number of amides is 1. The predicted octanol–water partition coefficient (Wildman–Crippen LogP) is 2.89. The number of carbonyl (C=O) groups excluding carboxylic acids is 1. The van der Waals surface area contributed by atoms with Crippen LogP contribution >= 0.6 is 0 Å². The highest BCUT2D eigenvalue weighted by Gasteiger charge is 2.11. The number of nitrogens with two attached hydrogens (primary N) is 1. The monoisotopic (exact) mass is 288 g/mol. The first kappa shape index (κ1) is 15.1. The Balaban J connectivity index is 2.07. The van der Waals surface area contributed by atoms with Crippen LogP contribution in [0.1, 0.15) is 47.2 Å². The Morgan fingerprint density at radius 3 is 2.76 bits per heavy atom. The van der Waals surface area contributed by atoms with Crippen LogP contribution in [0.15, 0.2) is 34.7 Å². The maximum absolute atomic E-state index is 11.3. The fourth-order valence-corrected chi connectivity index (χ4v) is 1.93. The first-order valence-electron chi connectivity index (χ1n) is 6.84. The Kier molecular flexibility index (Phi) is 4.65. The first-order chi connectivity index (χ1) is 10.0. The molecule has 5 heteroatoms. The zero-order valence-electron chi connectivity index (χ0n) is 12.5. The number of nitrogens with one attached hydrogen (secondary N) is 1. The third-order valence-corrected chi connectivity index (χ3v) is 3.27. The lowest BCUT2D eigenvalue weighted by Crippen LogP contribution is -2.29. The van der Waals surface area contributed by atoms with Crippen LogP contribution in [0.3, 0.4) is 0 Å². The Morgan fingerprint density at radius 2 is 2.10 bits per heavy atom. The maximum atomic E-state index is 11.3. The van der Waals surface area contributed by atoms with Gasteiger partial charge < -0.3 is 9.15 Å². The van der Waals surface area contributed by atoms with Crippen LogP contribution in [0, 0.1) is 6.92 Å². The van der Waals surface area contributed by atoms with Crippen LogP contribution in [0.25, 0.3) is 0 Å². The lowest BCUT2D eigenvalue weighted by molar-refractivity contribution is 0.0922. The Morgan fingerprint density at radius 1 is 1.33 bits per heavy atom. The fraction of sp³-hybridized carbons (Fsp3) is 0.312. The lowest BCUT2D eigenvalue weighted by atomic mass is 10.0. The van der Waals surface area contributed by atoms with Crippen molar-refractivity contribution in [3.05, 3.63) is 53.0 Å². The van der Waals surface area contributed by atoms with Gasteiger partial charge in [-0.25, -0.2) is 5.84 Å². The normalized spacial score (nSPS) is 10.7. The van der Waals surface area contributed by atoms with Gasteiger partial charge in [0.15, 0.2) is 5.76 Å². The van der Waals surface area contributed by atoms with Gasteiger partial charge in [0.25, 0.3) is 0 Å². The second kappa shape index (κ2) is 6.45. The quantitative estimate of drug-likeness (QED) is 0.504. The smallest absolute Gasteiger partial charge is 0.300 e. The summed E-state index contributed by atoms with van der Waals surface area (Å²) in [5.41, 5.74) is 4.31. The van der Waals surface area contributed by atoms with E-state index in [1.807, 2.05) is 24.5 Å². The van der Waals surface area contributed by atoms with Gasteiger partial charge in [-0.15, -0.1) is 0 Å². The van der Waals surface area contributed by atoms with Crippen LogP contribution in [-0.2, 0) is 6.61 Å². The molecule has 1 aromatic heterocycles. The summed E-state index contributed by atoms with van der Waals surface area (Å²) in [6.45, 7) is 6.53. The van der Waals surface area contributed by atoms with Crippen molar-refractivity contribution in [2.75, 3.05) is 0 Å². The van der Waals surface area contributed by atoms with Crippen molar-refractivity contribution in [3.63, 3.8) is 0 Å². The third-order valence-electron chi connectivity index (χ3n) is 3.27. The van der Waals surface area contributed by atoms with Crippen molar-refractivity contribution in [2.45, 2.75) is 33.3 Å². The van der Waals surface area contributed by atoms with Gasteiger partial charge >= 0.3 is 5.91 Å². The molecule has 5 nitrogen and oxygen atoms in total. The van der Waals surface area contributed by atoms with E-state index in [9.17, 15) is 4.79 Å².